The van der Waals surface area contributed by atoms with E-state index in [1.54, 1.807) is 20.1 Å². The molecule has 0 spiro atoms. The standard InChI is InChI=1S/C16H16ClN3O4.C5H12O.C2H6/c1-8-14(17)12(24-2)3-9-10-5-20(13(22)4-18-7-21)6-11(10)16(23)19-15(8)9;1-5(2,3)6-4;1-2/h3,7H,4-6H2,1-2H3,(H,18,21)(H,19,23);1-4H3;1-2H3. The molecule has 2 aromatic rings. The number of fused-ring (bicyclic) bond motifs is 3. The van der Waals surface area contributed by atoms with Crippen LogP contribution in [0.4, 0.5) is 0 Å². The van der Waals surface area contributed by atoms with Crippen LogP contribution in [0.3, 0.4) is 0 Å². The first-order valence-corrected chi connectivity index (χ1v) is 10.8. The van der Waals surface area contributed by atoms with E-state index in [1.165, 1.54) is 12.0 Å². The van der Waals surface area contributed by atoms with Crippen LogP contribution in [0.1, 0.15) is 51.3 Å². The van der Waals surface area contributed by atoms with E-state index >= 15 is 0 Å². The molecule has 0 aliphatic carbocycles. The highest BCUT2D eigenvalue weighted by Crippen LogP contribution is 2.36. The van der Waals surface area contributed by atoms with Gasteiger partial charge in [-0.05, 0) is 44.9 Å². The maximum Gasteiger partial charge on any atom is 0.253 e. The van der Waals surface area contributed by atoms with Crippen LogP contribution in [0.2, 0.25) is 5.02 Å². The van der Waals surface area contributed by atoms with Gasteiger partial charge in [-0.1, -0.05) is 25.4 Å². The SMILES string of the molecule is CC.COC(C)(C)C.COc1cc2c3c(c(=O)[nH]c2c(C)c1Cl)CN(C(=O)CNC=O)C3. The summed E-state index contributed by atoms with van der Waals surface area (Å²) in [4.78, 5) is 39.2. The molecule has 8 nitrogen and oxygen atoms in total. The van der Waals surface area contributed by atoms with Gasteiger partial charge < -0.3 is 24.7 Å². The molecule has 0 bridgehead atoms. The molecule has 0 saturated carbocycles. The zero-order chi connectivity index (χ0) is 24.6. The van der Waals surface area contributed by atoms with E-state index in [-0.39, 0.29) is 30.2 Å². The molecule has 1 aliphatic heterocycles. The number of nitrogens with zero attached hydrogens (tertiary/aromatic N) is 1. The highest BCUT2D eigenvalue weighted by molar-refractivity contribution is 6.33. The molecule has 1 aliphatic rings. The fourth-order valence-electron chi connectivity index (χ4n) is 3.00. The van der Waals surface area contributed by atoms with E-state index in [2.05, 4.69) is 10.3 Å². The fourth-order valence-corrected chi connectivity index (χ4v) is 3.23. The number of carbonyl (C=O) groups excluding carboxylic acids is 2. The van der Waals surface area contributed by atoms with E-state index < -0.39 is 0 Å². The molecule has 9 heteroatoms. The average Bonchev–Trinajstić information content (AvgIpc) is 3.23. The van der Waals surface area contributed by atoms with Gasteiger partial charge in [0.25, 0.3) is 5.56 Å². The van der Waals surface area contributed by atoms with Gasteiger partial charge >= 0.3 is 0 Å². The Morgan fingerprint density at radius 2 is 1.81 bits per heavy atom. The molecule has 178 valence electrons. The molecule has 0 fully saturated rings. The Bertz CT molecular complexity index is 1010. The third-order valence-corrected chi connectivity index (χ3v) is 5.36. The summed E-state index contributed by atoms with van der Waals surface area (Å²) in [7, 11) is 3.24. The van der Waals surface area contributed by atoms with Crippen LogP contribution in [0, 0.1) is 6.92 Å². The Labute approximate surface area is 194 Å². The van der Waals surface area contributed by atoms with E-state index in [0.29, 0.717) is 34.8 Å². The van der Waals surface area contributed by atoms with Gasteiger partial charge in [0.15, 0.2) is 0 Å². The summed E-state index contributed by atoms with van der Waals surface area (Å²) in [5, 5.41) is 3.60. The molecule has 32 heavy (non-hydrogen) atoms. The summed E-state index contributed by atoms with van der Waals surface area (Å²) in [5.74, 6) is 0.270. The lowest BCUT2D eigenvalue weighted by Gasteiger charge is -2.15. The van der Waals surface area contributed by atoms with Gasteiger partial charge in [-0.15, -0.1) is 0 Å². The van der Waals surface area contributed by atoms with Gasteiger partial charge in [-0.25, -0.2) is 0 Å². The van der Waals surface area contributed by atoms with Crippen molar-refractivity contribution in [2.45, 2.75) is 60.2 Å². The predicted octanol–water partition coefficient (Wildman–Crippen LogP) is 3.54. The van der Waals surface area contributed by atoms with Crippen molar-refractivity contribution in [1.29, 1.82) is 0 Å². The second-order valence-electron chi connectivity index (χ2n) is 7.92. The average molecular weight is 468 g/mol. The Kier molecular flexibility index (Phi) is 10.2. The molecular weight excluding hydrogens is 434 g/mol. The highest BCUT2D eigenvalue weighted by Gasteiger charge is 2.28. The molecular formula is C23H34ClN3O5. The van der Waals surface area contributed by atoms with Crippen LogP contribution in [0.15, 0.2) is 10.9 Å². The van der Waals surface area contributed by atoms with Crippen molar-refractivity contribution in [3.8, 4) is 5.75 Å². The lowest BCUT2D eigenvalue weighted by Crippen LogP contribution is -2.34. The van der Waals surface area contributed by atoms with Crippen LogP contribution in [-0.4, -0.2) is 48.6 Å². The number of aromatic nitrogens is 1. The second-order valence-corrected chi connectivity index (χ2v) is 8.29. The van der Waals surface area contributed by atoms with Crippen LogP contribution in [0.5, 0.6) is 5.75 Å². The van der Waals surface area contributed by atoms with Gasteiger partial charge in [0.05, 0.1) is 36.3 Å². The fraction of sp³-hybridized carbons (Fsp3) is 0.522. The number of benzene rings is 1. The minimum absolute atomic E-state index is 0.0417. The molecule has 0 radical (unpaired) electrons. The summed E-state index contributed by atoms with van der Waals surface area (Å²) < 4.78 is 10.2. The Hall–Kier alpha value is -2.58. The third-order valence-electron chi connectivity index (χ3n) is 4.89. The first-order valence-electron chi connectivity index (χ1n) is 10.4. The summed E-state index contributed by atoms with van der Waals surface area (Å²) in [5.41, 5.74) is 2.50. The van der Waals surface area contributed by atoms with Crippen molar-refractivity contribution in [1.82, 2.24) is 15.2 Å². The summed E-state index contributed by atoms with van der Waals surface area (Å²) in [6.45, 7) is 12.3. The lowest BCUT2D eigenvalue weighted by molar-refractivity contribution is -0.131. The third kappa shape index (κ3) is 6.46. The minimum Gasteiger partial charge on any atom is -0.495 e. The molecule has 2 N–H and O–H groups in total. The maximum atomic E-state index is 12.4. The molecule has 3 rings (SSSR count). The molecule has 0 saturated heterocycles. The van der Waals surface area contributed by atoms with E-state index in [4.69, 9.17) is 21.1 Å². The number of methoxy groups -OCH3 is 2. The largest absolute Gasteiger partial charge is 0.495 e. The van der Waals surface area contributed by atoms with Crippen molar-refractivity contribution in [3.05, 3.63) is 38.1 Å². The maximum absolute atomic E-state index is 12.4. The monoisotopic (exact) mass is 467 g/mol. The Morgan fingerprint density at radius 3 is 2.31 bits per heavy atom. The van der Waals surface area contributed by atoms with Crippen molar-refractivity contribution in [2.75, 3.05) is 20.8 Å². The van der Waals surface area contributed by atoms with Gasteiger partial charge in [-0.3, -0.25) is 14.4 Å². The number of aryl methyl sites for hydroxylation is 1. The van der Waals surface area contributed by atoms with Gasteiger partial charge in [0.1, 0.15) is 5.75 Å². The first kappa shape index (κ1) is 27.5. The molecule has 2 amide bonds. The summed E-state index contributed by atoms with van der Waals surface area (Å²) in [6, 6.07) is 1.77. The normalized spacial score (nSPS) is 12.2. The number of carbonyl (C=O) groups is 2. The van der Waals surface area contributed by atoms with Crippen LogP contribution in [-0.2, 0) is 27.4 Å². The lowest BCUT2D eigenvalue weighted by atomic mass is 10.0. The van der Waals surface area contributed by atoms with E-state index in [9.17, 15) is 14.4 Å². The number of nitrogens with one attached hydrogen (secondary N) is 2. The summed E-state index contributed by atoms with van der Waals surface area (Å²) >= 11 is 6.26. The number of rotatable bonds is 4. The minimum atomic E-state index is -0.247. The van der Waals surface area contributed by atoms with E-state index in [1.807, 2.05) is 34.6 Å². The first-order chi connectivity index (χ1) is 15.0. The number of halogens is 1. The Morgan fingerprint density at radius 1 is 1.25 bits per heavy atom. The topological polar surface area (TPSA) is 101 Å². The van der Waals surface area contributed by atoms with Crippen LogP contribution in [0.25, 0.3) is 10.9 Å². The molecule has 1 aromatic carbocycles. The van der Waals surface area contributed by atoms with Gasteiger partial charge in [-0.2, -0.15) is 0 Å². The molecule has 0 atom stereocenters. The number of amides is 2. The van der Waals surface area contributed by atoms with E-state index in [0.717, 1.165) is 16.5 Å². The smallest absolute Gasteiger partial charge is 0.253 e. The Balaban J connectivity index is 0.000000556. The molecule has 1 aromatic heterocycles. The molecule has 0 unspecified atom stereocenters. The number of aromatic amines is 1. The second kappa shape index (κ2) is 11.9. The van der Waals surface area contributed by atoms with Crippen molar-refractivity contribution in [2.24, 2.45) is 0 Å². The van der Waals surface area contributed by atoms with Crippen LogP contribution < -0.4 is 15.6 Å². The number of hydrogen-bond donors (Lipinski definition) is 2. The highest BCUT2D eigenvalue weighted by atomic mass is 35.5. The van der Waals surface area contributed by atoms with Crippen molar-refractivity contribution in [3.63, 3.8) is 0 Å². The quantitative estimate of drug-likeness (QED) is 0.670. The zero-order valence-corrected chi connectivity index (χ0v) is 20.9. The number of ether oxygens (including phenoxy) is 2. The van der Waals surface area contributed by atoms with Crippen LogP contribution >= 0.6 is 11.6 Å². The van der Waals surface area contributed by atoms with Gasteiger partial charge in [0.2, 0.25) is 12.3 Å². The number of H-pyrrole nitrogens is 1. The summed E-state index contributed by atoms with van der Waals surface area (Å²) in [6.07, 6.45) is 0.472. The molecule has 2 heterocycles. The number of pyridine rings is 1. The van der Waals surface area contributed by atoms with Gasteiger partial charge in [0, 0.05) is 24.6 Å². The zero-order valence-electron chi connectivity index (χ0n) is 20.1. The number of hydrogen-bond acceptors (Lipinski definition) is 5. The predicted molar refractivity (Wildman–Crippen MR) is 127 cm³/mol. The van der Waals surface area contributed by atoms with Crippen molar-refractivity contribution >= 4 is 34.8 Å². The van der Waals surface area contributed by atoms with Crippen molar-refractivity contribution < 1.29 is 19.1 Å².